The first-order valence-corrected chi connectivity index (χ1v) is 10.3. The molecule has 136 valence electrons. The molecule has 0 spiro atoms. The Morgan fingerprint density at radius 2 is 1.64 bits per heavy atom. The van der Waals surface area contributed by atoms with Crippen LogP contribution in [0.3, 0.4) is 0 Å². The van der Waals surface area contributed by atoms with Gasteiger partial charge in [0.25, 0.3) is 0 Å². The van der Waals surface area contributed by atoms with Crippen LogP contribution in [-0.2, 0) is 12.8 Å². The molecule has 2 aliphatic carbocycles. The molecule has 0 saturated heterocycles. The summed E-state index contributed by atoms with van der Waals surface area (Å²) in [5, 5.41) is 17.1. The third-order valence-corrected chi connectivity index (χ3v) is 6.23. The topological polar surface area (TPSA) is 55.1 Å². The van der Waals surface area contributed by atoms with Crippen LogP contribution in [0.4, 0.5) is 5.82 Å². The molecule has 0 aliphatic heterocycles. The molecule has 4 rings (SSSR count). The van der Waals surface area contributed by atoms with Crippen LogP contribution in [0.25, 0.3) is 5.65 Å². The van der Waals surface area contributed by atoms with E-state index in [9.17, 15) is 0 Å². The maximum Gasteiger partial charge on any atom is 0.181 e. The second kappa shape index (κ2) is 7.71. The molecule has 0 bridgehead atoms. The van der Waals surface area contributed by atoms with Gasteiger partial charge in [-0.1, -0.05) is 38.5 Å². The number of nitrogens with one attached hydrogen (secondary N) is 1. The summed E-state index contributed by atoms with van der Waals surface area (Å²) >= 11 is 0. The molecule has 5 nitrogen and oxygen atoms in total. The average Bonchev–Trinajstić information content (AvgIpc) is 2.90. The largest absolute Gasteiger partial charge is 0.366 e. The van der Waals surface area contributed by atoms with E-state index in [0.717, 1.165) is 30.2 Å². The van der Waals surface area contributed by atoms with Gasteiger partial charge < -0.3 is 5.32 Å². The SMILES string of the molecule is CC(Nc1nn2cnnc2c2c1CCCCC2)C1CCCCCCC1. The van der Waals surface area contributed by atoms with Crippen molar-refractivity contribution in [3.05, 3.63) is 17.5 Å². The molecule has 1 atom stereocenters. The number of anilines is 1. The molecule has 1 N–H and O–H groups in total. The van der Waals surface area contributed by atoms with Crippen molar-refractivity contribution in [1.82, 2.24) is 19.8 Å². The molecule has 1 fully saturated rings. The number of hydrogen-bond acceptors (Lipinski definition) is 4. The summed E-state index contributed by atoms with van der Waals surface area (Å²) in [7, 11) is 0. The lowest BCUT2D eigenvalue weighted by atomic mass is 9.86. The van der Waals surface area contributed by atoms with Crippen LogP contribution in [0.5, 0.6) is 0 Å². The van der Waals surface area contributed by atoms with Gasteiger partial charge in [0.2, 0.25) is 0 Å². The first kappa shape index (κ1) is 16.8. The van der Waals surface area contributed by atoms with Crippen molar-refractivity contribution in [2.24, 2.45) is 5.92 Å². The Labute approximate surface area is 150 Å². The smallest absolute Gasteiger partial charge is 0.181 e. The molecule has 0 aromatic carbocycles. The Morgan fingerprint density at radius 3 is 2.44 bits per heavy atom. The van der Waals surface area contributed by atoms with Gasteiger partial charge >= 0.3 is 0 Å². The molecule has 0 radical (unpaired) electrons. The Hall–Kier alpha value is -1.65. The van der Waals surface area contributed by atoms with Crippen molar-refractivity contribution in [2.45, 2.75) is 90.0 Å². The zero-order valence-electron chi connectivity index (χ0n) is 15.5. The molecule has 25 heavy (non-hydrogen) atoms. The minimum Gasteiger partial charge on any atom is -0.366 e. The number of hydrogen-bond donors (Lipinski definition) is 1. The van der Waals surface area contributed by atoms with Crippen molar-refractivity contribution >= 4 is 11.5 Å². The summed E-state index contributed by atoms with van der Waals surface area (Å²) in [6.07, 6.45) is 17.5. The lowest BCUT2D eigenvalue weighted by molar-refractivity contribution is 0.347. The van der Waals surface area contributed by atoms with Gasteiger partial charge in [-0.2, -0.15) is 4.52 Å². The maximum atomic E-state index is 4.85. The van der Waals surface area contributed by atoms with E-state index in [1.807, 2.05) is 4.52 Å². The molecule has 0 amide bonds. The van der Waals surface area contributed by atoms with Crippen molar-refractivity contribution in [3.63, 3.8) is 0 Å². The standard InChI is InChI=1S/C20H31N5/c1-15(16-10-6-3-2-4-7-11-16)22-19-17-12-8-5-9-13-18(17)20-23-21-14-25(20)24-19/h14-16H,2-13H2,1H3,(H,22,24). The van der Waals surface area contributed by atoms with Crippen LogP contribution >= 0.6 is 0 Å². The third kappa shape index (κ3) is 3.65. The highest BCUT2D eigenvalue weighted by Gasteiger charge is 2.23. The molecule has 1 unspecified atom stereocenters. The van der Waals surface area contributed by atoms with Gasteiger partial charge in [-0.3, -0.25) is 0 Å². The summed E-state index contributed by atoms with van der Waals surface area (Å²) in [5.74, 6) is 1.85. The highest BCUT2D eigenvalue weighted by atomic mass is 15.4. The van der Waals surface area contributed by atoms with Crippen LogP contribution in [0, 0.1) is 5.92 Å². The highest BCUT2D eigenvalue weighted by Crippen LogP contribution is 2.31. The van der Waals surface area contributed by atoms with E-state index >= 15 is 0 Å². The minimum absolute atomic E-state index is 0.479. The Morgan fingerprint density at radius 1 is 0.960 bits per heavy atom. The second-order valence-corrected chi connectivity index (χ2v) is 8.00. The normalized spacial score (nSPS) is 21.2. The van der Waals surface area contributed by atoms with Crippen LogP contribution < -0.4 is 5.32 Å². The quantitative estimate of drug-likeness (QED) is 0.832. The summed E-state index contributed by atoms with van der Waals surface area (Å²) in [4.78, 5) is 0. The van der Waals surface area contributed by atoms with E-state index in [-0.39, 0.29) is 0 Å². The second-order valence-electron chi connectivity index (χ2n) is 8.00. The number of fused-ring (bicyclic) bond motifs is 3. The van der Waals surface area contributed by atoms with Gasteiger partial charge in [0, 0.05) is 17.2 Å². The van der Waals surface area contributed by atoms with E-state index in [1.165, 1.54) is 75.3 Å². The predicted octanol–water partition coefficient (Wildman–Crippen LogP) is 4.55. The number of rotatable bonds is 3. The monoisotopic (exact) mass is 341 g/mol. The minimum atomic E-state index is 0.479. The van der Waals surface area contributed by atoms with E-state index in [4.69, 9.17) is 5.10 Å². The van der Waals surface area contributed by atoms with E-state index in [2.05, 4.69) is 22.4 Å². The molecular weight excluding hydrogens is 310 g/mol. The number of nitrogens with zero attached hydrogens (tertiary/aromatic N) is 4. The Kier molecular flexibility index (Phi) is 5.18. The van der Waals surface area contributed by atoms with Gasteiger partial charge in [-0.15, -0.1) is 15.3 Å². The summed E-state index contributed by atoms with van der Waals surface area (Å²) in [5.41, 5.74) is 3.73. The first-order chi connectivity index (χ1) is 12.3. The van der Waals surface area contributed by atoms with Crippen molar-refractivity contribution < 1.29 is 0 Å². The summed E-state index contributed by atoms with van der Waals surface area (Å²) in [6.45, 7) is 2.35. The maximum absolute atomic E-state index is 4.85. The molecule has 1 saturated carbocycles. The fraction of sp³-hybridized carbons (Fsp3) is 0.750. The van der Waals surface area contributed by atoms with Crippen LogP contribution in [-0.4, -0.2) is 25.9 Å². The molecule has 2 aliphatic rings. The zero-order chi connectivity index (χ0) is 17.1. The summed E-state index contributed by atoms with van der Waals surface area (Å²) in [6, 6.07) is 0.479. The fourth-order valence-corrected chi connectivity index (χ4v) is 4.70. The van der Waals surface area contributed by atoms with E-state index < -0.39 is 0 Å². The highest BCUT2D eigenvalue weighted by molar-refractivity contribution is 5.59. The number of aryl methyl sites for hydroxylation is 1. The molecule has 2 aromatic rings. The van der Waals surface area contributed by atoms with Crippen molar-refractivity contribution in [3.8, 4) is 0 Å². The lowest BCUT2D eigenvalue weighted by Gasteiger charge is -2.28. The lowest BCUT2D eigenvalue weighted by Crippen LogP contribution is -2.28. The van der Waals surface area contributed by atoms with Crippen LogP contribution in [0.1, 0.15) is 82.3 Å². The average molecular weight is 342 g/mol. The molecule has 2 aromatic heterocycles. The Bertz CT molecular complexity index is 699. The van der Waals surface area contributed by atoms with Crippen molar-refractivity contribution in [1.29, 1.82) is 0 Å². The zero-order valence-corrected chi connectivity index (χ0v) is 15.5. The van der Waals surface area contributed by atoms with Crippen LogP contribution in [0.15, 0.2) is 6.33 Å². The molecule has 5 heteroatoms. The van der Waals surface area contributed by atoms with Gasteiger partial charge in [0.05, 0.1) is 0 Å². The predicted molar refractivity (Wildman–Crippen MR) is 101 cm³/mol. The summed E-state index contributed by atoms with van der Waals surface area (Å²) < 4.78 is 1.87. The van der Waals surface area contributed by atoms with Gasteiger partial charge in [0.1, 0.15) is 6.33 Å². The van der Waals surface area contributed by atoms with Gasteiger partial charge in [-0.05, 0) is 51.4 Å². The van der Waals surface area contributed by atoms with Gasteiger partial charge in [0.15, 0.2) is 11.5 Å². The van der Waals surface area contributed by atoms with Crippen molar-refractivity contribution in [2.75, 3.05) is 5.32 Å². The Balaban J connectivity index is 1.60. The molecule has 2 heterocycles. The van der Waals surface area contributed by atoms with E-state index in [1.54, 1.807) is 6.33 Å². The van der Waals surface area contributed by atoms with Crippen LogP contribution in [0.2, 0.25) is 0 Å². The number of aromatic nitrogens is 4. The fourth-order valence-electron chi connectivity index (χ4n) is 4.70. The first-order valence-electron chi connectivity index (χ1n) is 10.3. The molecular formula is C20H31N5. The third-order valence-electron chi connectivity index (χ3n) is 6.23. The van der Waals surface area contributed by atoms with Gasteiger partial charge in [-0.25, -0.2) is 0 Å². The van der Waals surface area contributed by atoms with E-state index in [0.29, 0.717) is 6.04 Å².